The van der Waals surface area contributed by atoms with Crippen LogP contribution in [0.2, 0.25) is 0 Å². The number of amides is 1. The number of anilines is 1. The summed E-state index contributed by atoms with van der Waals surface area (Å²) >= 11 is 0. The Labute approximate surface area is 151 Å². The molecular formula is C18H24F3N3O2. The van der Waals surface area contributed by atoms with E-state index in [4.69, 9.17) is 4.74 Å². The molecular weight excluding hydrogens is 347 g/mol. The van der Waals surface area contributed by atoms with Crippen LogP contribution in [-0.4, -0.2) is 48.8 Å². The van der Waals surface area contributed by atoms with Crippen LogP contribution in [0.15, 0.2) is 18.3 Å². The highest BCUT2D eigenvalue weighted by Crippen LogP contribution is 2.37. The molecule has 0 spiro atoms. The highest BCUT2D eigenvalue weighted by Gasteiger charge is 2.35. The molecule has 0 aliphatic carbocycles. The smallest absolute Gasteiger partial charge is 0.419 e. The fraction of sp³-hybridized carbons (Fsp3) is 0.556. The van der Waals surface area contributed by atoms with Gasteiger partial charge >= 0.3 is 12.3 Å². The Bertz CT molecular complexity index is 707. The molecule has 1 aliphatic rings. The third-order valence-electron chi connectivity index (χ3n) is 3.83. The van der Waals surface area contributed by atoms with E-state index in [9.17, 15) is 18.0 Å². The number of halogens is 3. The van der Waals surface area contributed by atoms with E-state index in [1.807, 2.05) is 0 Å². The van der Waals surface area contributed by atoms with Crippen molar-refractivity contribution in [3.63, 3.8) is 0 Å². The molecule has 0 atom stereocenters. The normalized spacial score (nSPS) is 15.5. The molecule has 0 radical (unpaired) electrons. The molecule has 1 aromatic heterocycles. The topological polar surface area (TPSA) is 45.7 Å². The summed E-state index contributed by atoms with van der Waals surface area (Å²) in [6.45, 7) is 6.03. The van der Waals surface area contributed by atoms with Crippen molar-refractivity contribution < 1.29 is 22.7 Å². The van der Waals surface area contributed by atoms with Gasteiger partial charge in [-0.1, -0.05) is 6.08 Å². The maximum atomic E-state index is 13.3. The van der Waals surface area contributed by atoms with E-state index in [1.54, 1.807) is 26.8 Å². The zero-order valence-electron chi connectivity index (χ0n) is 15.6. The number of alkyl halides is 3. The summed E-state index contributed by atoms with van der Waals surface area (Å²) in [4.78, 5) is 18.9. The molecule has 5 nitrogen and oxygen atoms in total. The highest BCUT2D eigenvalue weighted by molar-refractivity contribution is 5.73. The maximum Gasteiger partial charge on any atom is 0.419 e. The second-order valence-corrected chi connectivity index (χ2v) is 7.39. The first-order valence-electron chi connectivity index (χ1n) is 8.30. The van der Waals surface area contributed by atoms with Gasteiger partial charge in [0.25, 0.3) is 0 Å². The van der Waals surface area contributed by atoms with E-state index in [0.717, 1.165) is 11.6 Å². The summed E-state index contributed by atoms with van der Waals surface area (Å²) in [5.41, 5.74) is -0.190. The number of ether oxygens (including phenoxy) is 1. The third kappa shape index (κ3) is 4.89. The maximum absolute atomic E-state index is 13.3. The average molecular weight is 371 g/mol. The number of hydrogen-bond donors (Lipinski definition) is 0. The van der Waals surface area contributed by atoms with E-state index in [0.29, 0.717) is 25.1 Å². The molecule has 0 bridgehead atoms. The lowest BCUT2D eigenvalue weighted by atomic mass is 9.99. The zero-order valence-corrected chi connectivity index (χ0v) is 15.6. The summed E-state index contributed by atoms with van der Waals surface area (Å²) in [6.07, 6.45) is -1.27. The Kier molecular flexibility index (Phi) is 5.53. The molecule has 1 aliphatic heterocycles. The van der Waals surface area contributed by atoms with Crippen molar-refractivity contribution >= 4 is 17.5 Å². The monoisotopic (exact) mass is 371 g/mol. The Morgan fingerprint density at radius 3 is 2.38 bits per heavy atom. The van der Waals surface area contributed by atoms with Gasteiger partial charge in [-0.15, -0.1) is 0 Å². The largest absolute Gasteiger partial charge is 0.444 e. The van der Waals surface area contributed by atoms with E-state index in [2.05, 4.69) is 4.98 Å². The van der Waals surface area contributed by atoms with E-state index < -0.39 is 23.4 Å². The van der Waals surface area contributed by atoms with Gasteiger partial charge in [-0.05, 0) is 44.4 Å². The first-order valence-corrected chi connectivity index (χ1v) is 8.30. The molecule has 1 aromatic rings. The fourth-order valence-electron chi connectivity index (χ4n) is 2.62. The number of rotatable bonds is 2. The lowest BCUT2D eigenvalue weighted by Gasteiger charge is -2.29. The molecule has 144 valence electrons. The number of aromatic nitrogens is 1. The van der Waals surface area contributed by atoms with Crippen molar-refractivity contribution in [2.75, 3.05) is 32.1 Å². The Balaban J connectivity index is 2.22. The standard InChI is InChI=1S/C18H24F3N3O2/c1-17(2,3)26-16(25)24-8-6-12(7-9-24)13-10-14(18(19,20)21)15(22-11-13)23(4)5/h6,10-11H,7-9H2,1-5H3. The van der Waals surface area contributed by atoms with Crippen molar-refractivity contribution in [2.45, 2.75) is 39.0 Å². The van der Waals surface area contributed by atoms with Crippen LogP contribution in [0.5, 0.6) is 0 Å². The number of nitrogens with zero attached hydrogens (tertiary/aromatic N) is 3. The molecule has 2 heterocycles. The van der Waals surface area contributed by atoms with Crippen molar-refractivity contribution in [3.8, 4) is 0 Å². The number of hydrogen-bond acceptors (Lipinski definition) is 4. The Morgan fingerprint density at radius 1 is 1.27 bits per heavy atom. The minimum Gasteiger partial charge on any atom is -0.444 e. The van der Waals surface area contributed by atoms with Crippen molar-refractivity contribution in [1.29, 1.82) is 0 Å². The quantitative estimate of drug-likeness (QED) is 0.782. The fourth-order valence-corrected chi connectivity index (χ4v) is 2.62. The number of pyridine rings is 1. The van der Waals surface area contributed by atoms with E-state index in [-0.39, 0.29) is 5.82 Å². The van der Waals surface area contributed by atoms with Gasteiger partial charge in [-0.25, -0.2) is 9.78 Å². The summed E-state index contributed by atoms with van der Waals surface area (Å²) in [6, 6.07) is 1.12. The molecule has 0 saturated heterocycles. The molecule has 2 rings (SSSR count). The first kappa shape index (κ1) is 20.1. The molecule has 0 N–H and O–H groups in total. The molecule has 1 amide bonds. The van der Waals surface area contributed by atoms with Gasteiger partial charge in [-0.2, -0.15) is 13.2 Å². The number of carbonyl (C=O) groups is 1. The van der Waals surface area contributed by atoms with Gasteiger partial charge in [0.2, 0.25) is 0 Å². The average Bonchev–Trinajstić information content (AvgIpc) is 2.52. The van der Waals surface area contributed by atoms with Crippen LogP contribution in [0.4, 0.5) is 23.8 Å². The molecule has 8 heteroatoms. The summed E-state index contributed by atoms with van der Waals surface area (Å²) in [5.74, 6) is -0.118. The molecule has 26 heavy (non-hydrogen) atoms. The predicted octanol–water partition coefficient (Wildman–Crippen LogP) is 4.19. The predicted molar refractivity (Wildman–Crippen MR) is 94.0 cm³/mol. The number of carbonyl (C=O) groups excluding carboxylic acids is 1. The zero-order chi connectivity index (χ0) is 19.7. The Morgan fingerprint density at radius 2 is 1.92 bits per heavy atom. The minimum atomic E-state index is -4.49. The summed E-state index contributed by atoms with van der Waals surface area (Å²) < 4.78 is 45.3. The first-order chi connectivity index (χ1) is 11.9. The summed E-state index contributed by atoms with van der Waals surface area (Å²) in [7, 11) is 3.05. The van der Waals surface area contributed by atoms with Crippen LogP contribution in [0, 0.1) is 0 Å². The van der Waals surface area contributed by atoms with Crippen LogP contribution in [0.25, 0.3) is 5.57 Å². The SMILES string of the molecule is CN(C)c1ncc(C2=CCN(C(=O)OC(C)(C)C)CC2)cc1C(F)(F)F. The summed E-state index contributed by atoms with van der Waals surface area (Å²) in [5, 5.41) is 0. The van der Waals surface area contributed by atoms with Gasteiger partial charge in [0.1, 0.15) is 11.4 Å². The van der Waals surface area contributed by atoms with Crippen molar-refractivity contribution in [1.82, 2.24) is 9.88 Å². The highest BCUT2D eigenvalue weighted by atomic mass is 19.4. The Hall–Kier alpha value is -2.25. The van der Waals surface area contributed by atoms with E-state index >= 15 is 0 Å². The minimum absolute atomic E-state index is 0.118. The van der Waals surface area contributed by atoms with Gasteiger partial charge in [0.05, 0.1) is 5.56 Å². The van der Waals surface area contributed by atoms with Gasteiger partial charge in [0.15, 0.2) is 0 Å². The van der Waals surface area contributed by atoms with Crippen LogP contribution < -0.4 is 4.90 Å². The third-order valence-corrected chi connectivity index (χ3v) is 3.83. The van der Waals surface area contributed by atoms with Gasteiger partial charge in [0, 0.05) is 33.4 Å². The van der Waals surface area contributed by atoms with Gasteiger partial charge in [-0.3, -0.25) is 0 Å². The lowest BCUT2D eigenvalue weighted by molar-refractivity contribution is -0.137. The molecule has 0 saturated carbocycles. The van der Waals surface area contributed by atoms with Crippen LogP contribution >= 0.6 is 0 Å². The second-order valence-electron chi connectivity index (χ2n) is 7.39. The second kappa shape index (κ2) is 7.17. The van der Waals surface area contributed by atoms with Crippen LogP contribution in [0.3, 0.4) is 0 Å². The van der Waals surface area contributed by atoms with Crippen molar-refractivity contribution in [3.05, 3.63) is 29.5 Å². The van der Waals surface area contributed by atoms with Crippen LogP contribution in [0.1, 0.15) is 38.3 Å². The van der Waals surface area contributed by atoms with E-state index in [1.165, 1.54) is 30.1 Å². The lowest BCUT2D eigenvalue weighted by Crippen LogP contribution is -2.39. The van der Waals surface area contributed by atoms with Gasteiger partial charge < -0.3 is 14.5 Å². The van der Waals surface area contributed by atoms with Crippen molar-refractivity contribution in [2.24, 2.45) is 0 Å². The molecule has 0 fully saturated rings. The van der Waals surface area contributed by atoms with Crippen LogP contribution in [-0.2, 0) is 10.9 Å². The molecule has 0 aromatic carbocycles. The molecule has 0 unspecified atom stereocenters.